The number of allylic oxidation sites excluding steroid dienone is 1. The first-order valence-electron chi connectivity index (χ1n) is 15.5. The van der Waals surface area contributed by atoms with Gasteiger partial charge in [-0.15, -0.1) is 11.3 Å². The summed E-state index contributed by atoms with van der Waals surface area (Å²) in [6, 6.07) is 8.07. The van der Waals surface area contributed by atoms with E-state index in [4.69, 9.17) is 9.47 Å². The number of hydrogen-bond acceptors (Lipinski definition) is 8. The van der Waals surface area contributed by atoms with Crippen molar-refractivity contribution in [2.24, 2.45) is 0 Å². The molecule has 0 fully saturated rings. The zero-order valence-corrected chi connectivity index (χ0v) is 28.6. The minimum absolute atomic E-state index is 0.159. The summed E-state index contributed by atoms with van der Waals surface area (Å²) < 4.78 is 50.1. The van der Waals surface area contributed by atoms with E-state index in [9.17, 15) is 27.6 Å². The van der Waals surface area contributed by atoms with Crippen LogP contribution in [0.4, 0.5) is 39.4 Å². The van der Waals surface area contributed by atoms with Crippen molar-refractivity contribution in [1.29, 1.82) is 0 Å². The predicted octanol–water partition coefficient (Wildman–Crippen LogP) is 8.85. The lowest BCUT2D eigenvalue weighted by molar-refractivity contribution is -0.137. The number of nitrogens with zero attached hydrogens (tertiary/aromatic N) is 3. The summed E-state index contributed by atoms with van der Waals surface area (Å²) in [5, 5.41) is 7.58. The molecule has 0 radical (unpaired) electrons. The van der Waals surface area contributed by atoms with Gasteiger partial charge < -0.3 is 14.8 Å². The van der Waals surface area contributed by atoms with Crippen LogP contribution in [0, 0.1) is 0 Å². The number of hydrogen-bond donors (Lipinski definition) is 2. The molecule has 1 aromatic carbocycles. The van der Waals surface area contributed by atoms with Crippen LogP contribution in [0.15, 0.2) is 53.5 Å². The van der Waals surface area contributed by atoms with E-state index in [0.717, 1.165) is 30.5 Å². The number of halogens is 3. The van der Waals surface area contributed by atoms with Crippen LogP contribution in [0.25, 0.3) is 5.57 Å². The van der Waals surface area contributed by atoms with Crippen molar-refractivity contribution < 1.29 is 37.0 Å². The smallest absolute Gasteiger partial charge is 0.416 e. The predicted molar refractivity (Wildman–Crippen MR) is 179 cm³/mol. The molecule has 0 unspecified atom stereocenters. The molecular formula is C34H40F3N5O5S. The van der Waals surface area contributed by atoms with Gasteiger partial charge in [0.05, 0.1) is 23.1 Å². The second kappa shape index (κ2) is 14.8. The van der Waals surface area contributed by atoms with Crippen molar-refractivity contribution in [2.45, 2.75) is 91.0 Å². The fraction of sp³-hybridized carbons (Fsp3) is 0.441. The number of alkyl halides is 3. The number of nitrogens with one attached hydrogen (secondary N) is 2. The molecule has 3 aromatic rings. The first kappa shape index (κ1) is 36.4. The van der Waals surface area contributed by atoms with Gasteiger partial charge in [0, 0.05) is 23.9 Å². The quantitative estimate of drug-likeness (QED) is 0.243. The summed E-state index contributed by atoms with van der Waals surface area (Å²) in [6.07, 6.45) is -1.25. The largest absolute Gasteiger partial charge is 0.444 e. The highest BCUT2D eigenvalue weighted by Crippen LogP contribution is 2.35. The molecule has 2 aromatic heterocycles. The van der Waals surface area contributed by atoms with E-state index in [1.807, 2.05) is 0 Å². The minimum Gasteiger partial charge on any atom is -0.444 e. The first-order chi connectivity index (χ1) is 22.4. The summed E-state index contributed by atoms with van der Waals surface area (Å²) in [6.45, 7) is 10.7. The number of benzene rings is 1. The van der Waals surface area contributed by atoms with Crippen molar-refractivity contribution in [3.05, 3.63) is 70.4 Å². The molecule has 10 nitrogen and oxygen atoms in total. The summed E-state index contributed by atoms with van der Waals surface area (Å²) in [7, 11) is 0. The van der Waals surface area contributed by atoms with Crippen LogP contribution in [0.1, 0.15) is 84.0 Å². The Balaban J connectivity index is 1.47. The summed E-state index contributed by atoms with van der Waals surface area (Å²) in [5.41, 5.74) is 0.669. The lowest BCUT2D eigenvalue weighted by Gasteiger charge is -2.26. The van der Waals surface area contributed by atoms with Crippen molar-refractivity contribution >= 4 is 51.6 Å². The van der Waals surface area contributed by atoms with E-state index in [2.05, 4.69) is 20.6 Å². The molecule has 4 rings (SSSR count). The lowest BCUT2D eigenvalue weighted by Crippen LogP contribution is -2.38. The number of carbonyl (C=O) groups excluding carboxylic acids is 3. The summed E-state index contributed by atoms with van der Waals surface area (Å²) in [5.74, 6) is -0.0746. The number of thiazole rings is 1. The molecule has 0 spiro atoms. The maximum atomic E-state index is 13.4. The Hall–Kier alpha value is -4.46. The van der Waals surface area contributed by atoms with E-state index in [0.29, 0.717) is 46.9 Å². The number of amides is 3. The van der Waals surface area contributed by atoms with Crippen molar-refractivity contribution in [3.8, 4) is 0 Å². The fourth-order valence-corrected chi connectivity index (χ4v) is 5.60. The number of pyridine rings is 1. The molecule has 48 heavy (non-hydrogen) atoms. The van der Waals surface area contributed by atoms with E-state index in [1.165, 1.54) is 34.6 Å². The molecule has 0 saturated carbocycles. The third-order valence-electron chi connectivity index (χ3n) is 6.95. The zero-order chi connectivity index (χ0) is 35.3. The highest BCUT2D eigenvalue weighted by molar-refractivity contribution is 7.13. The number of ether oxygens (including phenoxy) is 2. The van der Waals surface area contributed by atoms with Crippen LogP contribution in [-0.4, -0.2) is 45.8 Å². The SMILES string of the molecule is CC(C)(C)OC(=O)Nc1nc(CCN(C(=O)OC(C)(C)C)c2ccc(NC(=O)C3=C(c4ccc(C(F)(F)F)cc4)CCCC3)cn2)cs1. The molecule has 1 aliphatic carbocycles. The molecular weight excluding hydrogens is 647 g/mol. The zero-order valence-electron chi connectivity index (χ0n) is 27.8. The second-order valence-corrected chi connectivity index (χ2v) is 14.1. The van der Waals surface area contributed by atoms with Crippen LogP contribution in [-0.2, 0) is 26.9 Å². The van der Waals surface area contributed by atoms with Crippen molar-refractivity contribution in [1.82, 2.24) is 9.97 Å². The van der Waals surface area contributed by atoms with E-state index < -0.39 is 35.1 Å². The van der Waals surface area contributed by atoms with Crippen LogP contribution in [0.5, 0.6) is 0 Å². The second-order valence-electron chi connectivity index (χ2n) is 13.3. The standard InChI is InChI=1S/C34H40F3N5O5S/c1-32(2,3)46-30(44)41-29-40-24(20-48-29)17-18-42(31(45)47-33(4,5)6)27-16-15-23(19-38-27)39-28(43)26-10-8-7-9-25(26)21-11-13-22(14-12-21)34(35,36)37/h11-16,19-20H,7-10,17-18H2,1-6H3,(H,39,43)(H,40,41,44). The lowest BCUT2D eigenvalue weighted by atomic mass is 9.86. The Labute approximate surface area is 281 Å². The number of rotatable bonds is 8. The van der Waals surface area contributed by atoms with Gasteiger partial charge >= 0.3 is 18.4 Å². The van der Waals surface area contributed by atoms with Gasteiger partial charge in [0.1, 0.15) is 17.0 Å². The maximum Gasteiger partial charge on any atom is 0.416 e. The normalized spacial score (nSPS) is 13.9. The van der Waals surface area contributed by atoms with E-state index in [-0.39, 0.29) is 18.3 Å². The van der Waals surface area contributed by atoms with Crippen LogP contribution >= 0.6 is 11.3 Å². The highest BCUT2D eigenvalue weighted by atomic mass is 32.1. The van der Waals surface area contributed by atoms with Crippen molar-refractivity contribution in [2.75, 3.05) is 22.1 Å². The summed E-state index contributed by atoms with van der Waals surface area (Å²) >= 11 is 1.23. The molecule has 0 bridgehead atoms. The Morgan fingerprint density at radius 1 is 0.896 bits per heavy atom. The first-order valence-corrected chi connectivity index (χ1v) is 16.4. The van der Waals surface area contributed by atoms with Crippen LogP contribution < -0.4 is 15.5 Å². The van der Waals surface area contributed by atoms with Crippen molar-refractivity contribution in [3.63, 3.8) is 0 Å². The third kappa shape index (κ3) is 10.5. The maximum absolute atomic E-state index is 13.4. The van der Waals surface area contributed by atoms with Crippen LogP contribution in [0.2, 0.25) is 0 Å². The Morgan fingerprint density at radius 2 is 1.56 bits per heavy atom. The van der Waals surface area contributed by atoms with Gasteiger partial charge in [-0.2, -0.15) is 13.2 Å². The Morgan fingerprint density at radius 3 is 2.17 bits per heavy atom. The Kier molecular flexibility index (Phi) is 11.2. The molecule has 0 atom stereocenters. The van der Waals surface area contributed by atoms with Gasteiger partial charge in [-0.05, 0) is 103 Å². The number of carbonyl (C=O) groups is 3. The molecule has 1 aliphatic rings. The number of anilines is 3. The van der Waals surface area contributed by atoms with Crippen LogP contribution in [0.3, 0.4) is 0 Å². The molecule has 3 amide bonds. The molecule has 258 valence electrons. The highest BCUT2D eigenvalue weighted by Gasteiger charge is 2.31. The van der Waals surface area contributed by atoms with Gasteiger partial charge in [-0.25, -0.2) is 19.6 Å². The monoisotopic (exact) mass is 687 g/mol. The molecule has 0 aliphatic heterocycles. The molecule has 14 heteroatoms. The fourth-order valence-electron chi connectivity index (χ4n) is 4.87. The average Bonchev–Trinajstić information content (AvgIpc) is 3.42. The van der Waals surface area contributed by atoms with Gasteiger partial charge in [-0.1, -0.05) is 12.1 Å². The Bertz CT molecular complexity index is 1640. The van der Waals surface area contributed by atoms with Gasteiger partial charge in [0.25, 0.3) is 5.91 Å². The van der Waals surface area contributed by atoms with Gasteiger partial charge in [0.15, 0.2) is 5.13 Å². The van der Waals surface area contributed by atoms with E-state index in [1.54, 1.807) is 59.1 Å². The molecule has 2 N–H and O–H groups in total. The van der Waals surface area contributed by atoms with Gasteiger partial charge in [0.2, 0.25) is 0 Å². The minimum atomic E-state index is -4.44. The topological polar surface area (TPSA) is 123 Å². The third-order valence-corrected chi connectivity index (χ3v) is 7.76. The molecule has 2 heterocycles. The summed E-state index contributed by atoms with van der Waals surface area (Å²) in [4.78, 5) is 48.9. The average molecular weight is 688 g/mol. The molecule has 0 saturated heterocycles. The van der Waals surface area contributed by atoms with Gasteiger partial charge in [-0.3, -0.25) is 15.0 Å². The number of aromatic nitrogens is 2. The van der Waals surface area contributed by atoms with E-state index >= 15 is 0 Å².